The molecule has 0 amide bonds. The number of rotatable bonds is 11. The van der Waals surface area contributed by atoms with Crippen molar-refractivity contribution in [2.45, 2.75) is 51.3 Å². The van der Waals surface area contributed by atoms with Crippen LogP contribution in [0.5, 0.6) is 17.2 Å². The number of halogens is 1. The molecule has 0 radical (unpaired) electrons. The zero-order chi connectivity index (χ0) is 25.4. The molecule has 4 rings (SSSR count). The number of hydrogen-bond donors (Lipinski definition) is 1. The minimum absolute atomic E-state index is 0.0823. The second-order valence-corrected chi connectivity index (χ2v) is 9.30. The highest BCUT2D eigenvalue weighted by atomic mass is 19.1. The molecule has 1 aliphatic rings. The molecule has 0 unspecified atom stereocenters. The van der Waals surface area contributed by atoms with Gasteiger partial charge in [0, 0.05) is 31.9 Å². The monoisotopic (exact) mass is 497 g/mol. The van der Waals surface area contributed by atoms with E-state index in [1.807, 2.05) is 24.5 Å². The molecule has 1 aliphatic heterocycles. The van der Waals surface area contributed by atoms with Gasteiger partial charge >= 0.3 is 0 Å². The van der Waals surface area contributed by atoms with E-state index in [1.165, 1.54) is 6.07 Å². The van der Waals surface area contributed by atoms with Gasteiger partial charge in [-0.1, -0.05) is 25.1 Å². The first-order valence-electron chi connectivity index (χ1n) is 12.6. The van der Waals surface area contributed by atoms with Crippen LogP contribution in [0.2, 0.25) is 0 Å². The average Bonchev–Trinajstić information content (AvgIpc) is 3.26. The van der Waals surface area contributed by atoms with Crippen molar-refractivity contribution in [2.24, 2.45) is 0 Å². The molecule has 0 saturated carbocycles. The van der Waals surface area contributed by atoms with Crippen LogP contribution in [0.15, 0.2) is 54.9 Å². The number of para-hydroxylation sites is 1. The zero-order valence-corrected chi connectivity index (χ0v) is 21.2. The minimum atomic E-state index is -0.976. The largest absolute Gasteiger partial charge is 0.493 e. The van der Waals surface area contributed by atoms with Gasteiger partial charge in [0.15, 0.2) is 23.1 Å². The fraction of sp³-hybridized carbons (Fsp3) is 0.464. The van der Waals surface area contributed by atoms with E-state index in [2.05, 4.69) is 27.4 Å². The van der Waals surface area contributed by atoms with Crippen molar-refractivity contribution in [3.8, 4) is 17.2 Å². The number of benzene rings is 2. The van der Waals surface area contributed by atoms with E-state index >= 15 is 0 Å². The van der Waals surface area contributed by atoms with E-state index in [4.69, 9.17) is 14.2 Å². The highest BCUT2D eigenvalue weighted by molar-refractivity contribution is 5.43. The molecule has 0 spiro atoms. The van der Waals surface area contributed by atoms with Crippen LogP contribution in [0, 0.1) is 5.82 Å². The maximum absolute atomic E-state index is 13.9. The van der Waals surface area contributed by atoms with Crippen molar-refractivity contribution in [1.82, 2.24) is 14.5 Å². The van der Waals surface area contributed by atoms with Crippen LogP contribution in [0.1, 0.15) is 37.6 Å². The molecule has 1 saturated heterocycles. The van der Waals surface area contributed by atoms with Gasteiger partial charge < -0.3 is 23.9 Å². The summed E-state index contributed by atoms with van der Waals surface area (Å²) in [7, 11) is 1.64. The normalized spacial score (nSPS) is 18.6. The van der Waals surface area contributed by atoms with Crippen LogP contribution < -0.4 is 14.2 Å². The molecule has 8 heteroatoms. The van der Waals surface area contributed by atoms with Crippen LogP contribution >= 0.6 is 0 Å². The van der Waals surface area contributed by atoms with E-state index in [-0.39, 0.29) is 12.4 Å². The Kier molecular flexibility index (Phi) is 8.83. The van der Waals surface area contributed by atoms with Gasteiger partial charge in [-0.05, 0) is 55.6 Å². The van der Waals surface area contributed by atoms with E-state index in [0.29, 0.717) is 25.2 Å². The lowest BCUT2D eigenvalue weighted by molar-refractivity contribution is -0.0177. The Morgan fingerprint density at radius 3 is 2.72 bits per heavy atom. The number of likely N-dealkylation sites (tertiary alicyclic amines) is 1. The highest BCUT2D eigenvalue weighted by Gasteiger charge is 2.31. The number of methoxy groups -OCH3 is 1. The van der Waals surface area contributed by atoms with Gasteiger partial charge in [0.25, 0.3) is 0 Å². The molecule has 3 aromatic rings. The third-order valence-electron chi connectivity index (χ3n) is 6.68. The molecule has 2 heterocycles. The number of aromatic nitrogens is 2. The molecule has 1 fully saturated rings. The summed E-state index contributed by atoms with van der Waals surface area (Å²) in [5.41, 5.74) is 0.145. The first-order valence-corrected chi connectivity index (χ1v) is 12.6. The first kappa shape index (κ1) is 26.0. The summed E-state index contributed by atoms with van der Waals surface area (Å²) in [6.45, 7) is 5.74. The molecule has 1 aromatic heterocycles. The van der Waals surface area contributed by atoms with Crippen molar-refractivity contribution in [3.05, 3.63) is 72.1 Å². The third kappa shape index (κ3) is 6.77. The molecule has 0 bridgehead atoms. The van der Waals surface area contributed by atoms with Crippen LogP contribution in [0.4, 0.5) is 4.39 Å². The zero-order valence-electron chi connectivity index (χ0n) is 21.2. The summed E-state index contributed by atoms with van der Waals surface area (Å²) in [6.07, 6.45) is 6.67. The lowest BCUT2D eigenvalue weighted by atomic mass is 9.96. The van der Waals surface area contributed by atoms with Gasteiger partial charge in [0.2, 0.25) is 0 Å². The Bertz CT molecular complexity index is 1120. The van der Waals surface area contributed by atoms with Crippen molar-refractivity contribution in [1.29, 1.82) is 0 Å². The standard InChI is InChI=1S/C28H36FN3O4/c1-3-27-30-13-16-32(27)17-18-35-26-19-22(9-10-25(26)34-2)20-31-14-6-11-28(33,12-15-31)21-36-24-8-5-4-7-23(24)29/h4-5,7-10,13,16,19,33H,3,6,11-12,14-15,17-18,20-21H2,1-2H3/t28-/m1/s1. The number of aliphatic hydroxyl groups is 1. The molecule has 1 atom stereocenters. The smallest absolute Gasteiger partial charge is 0.165 e. The maximum Gasteiger partial charge on any atom is 0.165 e. The number of hydrogen-bond acceptors (Lipinski definition) is 6. The SMILES string of the molecule is CCc1nccn1CCOc1cc(CN2CCC[C@](O)(COc3ccccc3F)CC2)ccc1OC. The Hall–Kier alpha value is -3.10. The lowest BCUT2D eigenvalue weighted by Crippen LogP contribution is -2.37. The van der Waals surface area contributed by atoms with Gasteiger partial charge in [-0.3, -0.25) is 4.90 Å². The fourth-order valence-corrected chi connectivity index (χ4v) is 4.61. The third-order valence-corrected chi connectivity index (χ3v) is 6.68. The van der Waals surface area contributed by atoms with E-state index in [1.54, 1.807) is 25.3 Å². The number of nitrogens with zero attached hydrogens (tertiary/aromatic N) is 3. The van der Waals surface area contributed by atoms with E-state index in [9.17, 15) is 9.50 Å². The van der Waals surface area contributed by atoms with Crippen LogP contribution in [0.3, 0.4) is 0 Å². The van der Waals surface area contributed by atoms with Gasteiger partial charge in [-0.25, -0.2) is 9.37 Å². The summed E-state index contributed by atoms with van der Waals surface area (Å²) >= 11 is 0. The summed E-state index contributed by atoms with van der Waals surface area (Å²) in [6, 6.07) is 12.3. The summed E-state index contributed by atoms with van der Waals surface area (Å²) in [4.78, 5) is 6.68. The molecular formula is C28H36FN3O4. The lowest BCUT2D eigenvalue weighted by Gasteiger charge is -2.27. The second-order valence-electron chi connectivity index (χ2n) is 9.30. The number of aryl methyl sites for hydroxylation is 1. The Morgan fingerprint density at radius 2 is 1.92 bits per heavy atom. The fourth-order valence-electron chi connectivity index (χ4n) is 4.61. The molecular weight excluding hydrogens is 461 g/mol. The number of imidazole rings is 1. The number of ether oxygens (including phenoxy) is 3. The predicted octanol–water partition coefficient (Wildman–Crippen LogP) is 4.47. The van der Waals surface area contributed by atoms with Crippen LogP contribution in [-0.2, 0) is 19.5 Å². The summed E-state index contributed by atoms with van der Waals surface area (Å²) in [5, 5.41) is 11.1. The van der Waals surface area contributed by atoms with Gasteiger partial charge in [0.05, 0.1) is 19.3 Å². The van der Waals surface area contributed by atoms with Gasteiger partial charge in [-0.2, -0.15) is 0 Å². The van der Waals surface area contributed by atoms with E-state index < -0.39 is 11.4 Å². The Balaban J connectivity index is 1.32. The average molecular weight is 498 g/mol. The Morgan fingerprint density at radius 1 is 1.06 bits per heavy atom. The van der Waals surface area contributed by atoms with Crippen molar-refractivity contribution in [3.63, 3.8) is 0 Å². The van der Waals surface area contributed by atoms with Crippen LogP contribution in [-0.4, -0.2) is 58.6 Å². The summed E-state index contributed by atoms with van der Waals surface area (Å²) < 4.78 is 33.2. The molecule has 0 aliphatic carbocycles. The molecule has 1 N–H and O–H groups in total. The minimum Gasteiger partial charge on any atom is -0.493 e. The molecule has 36 heavy (non-hydrogen) atoms. The van der Waals surface area contributed by atoms with Crippen molar-refractivity contribution in [2.75, 3.05) is 33.4 Å². The quantitative estimate of drug-likeness (QED) is 0.422. The highest BCUT2D eigenvalue weighted by Crippen LogP contribution is 2.30. The second kappa shape index (κ2) is 12.2. The van der Waals surface area contributed by atoms with Crippen molar-refractivity contribution < 1.29 is 23.7 Å². The topological polar surface area (TPSA) is 69.0 Å². The molecule has 194 valence electrons. The Labute approximate surface area is 212 Å². The first-order chi connectivity index (χ1) is 17.5. The van der Waals surface area contributed by atoms with Gasteiger partial charge in [0.1, 0.15) is 19.0 Å². The maximum atomic E-state index is 13.9. The van der Waals surface area contributed by atoms with E-state index in [0.717, 1.165) is 56.2 Å². The molecule has 2 aromatic carbocycles. The van der Waals surface area contributed by atoms with Crippen LogP contribution in [0.25, 0.3) is 0 Å². The van der Waals surface area contributed by atoms with Crippen molar-refractivity contribution >= 4 is 0 Å². The molecule has 7 nitrogen and oxygen atoms in total. The summed E-state index contributed by atoms with van der Waals surface area (Å²) in [5.74, 6) is 2.23. The predicted molar refractivity (Wildman–Crippen MR) is 136 cm³/mol. The van der Waals surface area contributed by atoms with Gasteiger partial charge in [-0.15, -0.1) is 0 Å².